The molecule has 0 unspecified atom stereocenters. The number of anilines is 1. The number of ether oxygens (including phenoxy) is 1. The molecule has 4 rings (SSSR count). The van der Waals surface area contributed by atoms with Gasteiger partial charge in [0.25, 0.3) is 15.9 Å². The molecule has 0 bridgehead atoms. The van der Waals surface area contributed by atoms with E-state index in [4.69, 9.17) is 4.74 Å². The minimum absolute atomic E-state index is 0.0716. The summed E-state index contributed by atoms with van der Waals surface area (Å²) in [5.41, 5.74) is 3.30. The largest absolute Gasteiger partial charge is 0.475 e. The molecule has 4 aromatic rings. The maximum absolute atomic E-state index is 12.9. The smallest absolute Gasteiger partial charge is 0.263 e. The lowest BCUT2D eigenvalue weighted by molar-refractivity contribution is 0.311. The Labute approximate surface area is 175 Å². The molecule has 0 atom stereocenters. The number of hydrogen-bond donors (Lipinski definition) is 1. The number of benzene rings is 3. The summed E-state index contributed by atoms with van der Waals surface area (Å²) < 4.78 is 34.1. The lowest BCUT2D eigenvalue weighted by Crippen LogP contribution is -2.16. The van der Waals surface area contributed by atoms with E-state index in [0.29, 0.717) is 24.1 Å². The van der Waals surface area contributed by atoms with Gasteiger partial charge in [0.05, 0.1) is 22.5 Å². The molecule has 0 spiro atoms. The zero-order valence-corrected chi connectivity index (χ0v) is 17.3. The number of para-hydroxylation sites is 2. The van der Waals surface area contributed by atoms with Crippen molar-refractivity contribution in [2.75, 3.05) is 11.3 Å². The number of rotatable bonds is 7. The molecule has 0 amide bonds. The van der Waals surface area contributed by atoms with Crippen molar-refractivity contribution in [3.8, 4) is 5.88 Å². The Hall–Kier alpha value is -3.45. The molecule has 0 aliphatic heterocycles. The third-order valence-corrected chi connectivity index (χ3v) is 5.93. The lowest BCUT2D eigenvalue weighted by atomic mass is 10.2. The van der Waals surface area contributed by atoms with Crippen molar-refractivity contribution in [3.63, 3.8) is 0 Å². The highest BCUT2D eigenvalue weighted by Gasteiger charge is 2.19. The fourth-order valence-electron chi connectivity index (χ4n) is 2.96. The summed E-state index contributed by atoms with van der Waals surface area (Å²) in [6.07, 6.45) is 0.666. The Balaban J connectivity index is 1.63. The average Bonchev–Trinajstić information content (AvgIpc) is 2.75. The van der Waals surface area contributed by atoms with Gasteiger partial charge in [-0.25, -0.2) is 18.4 Å². The van der Waals surface area contributed by atoms with E-state index >= 15 is 0 Å². The van der Waals surface area contributed by atoms with Gasteiger partial charge in [-0.2, -0.15) is 0 Å². The minimum atomic E-state index is -3.83. The summed E-state index contributed by atoms with van der Waals surface area (Å²) in [4.78, 5) is 9.09. The van der Waals surface area contributed by atoms with Gasteiger partial charge in [0.2, 0.25) is 5.82 Å². The first-order chi connectivity index (χ1) is 14.5. The predicted molar refractivity (Wildman–Crippen MR) is 117 cm³/mol. The molecule has 1 N–H and O–H groups in total. The summed E-state index contributed by atoms with van der Waals surface area (Å²) in [5, 5.41) is 0. The normalized spacial score (nSPS) is 11.4. The second-order valence-corrected chi connectivity index (χ2v) is 8.55. The van der Waals surface area contributed by atoms with E-state index in [2.05, 4.69) is 14.7 Å². The van der Waals surface area contributed by atoms with Crippen LogP contribution in [0.5, 0.6) is 5.88 Å². The molecule has 0 fully saturated rings. The van der Waals surface area contributed by atoms with Gasteiger partial charge in [0.1, 0.15) is 0 Å². The van der Waals surface area contributed by atoms with Crippen molar-refractivity contribution >= 4 is 26.9 Å². The first kappa shape index (κ1) is 19.8. The van der Waals surface area contributed by atoms with Gasteiger partial charge in [-0.3, -0.25) is 4.72 Å². The number of nitrogens with zero attached hydrogens (tertiary/aromatic N) is 2. The summed E-state index contributed by atoms with van der Waals surface area (Å²) in [5.74, 6) is 0.225. The molecule has 7 heteroatoms. The van der Waals surface area contributed by atoms with Gasteiger partial charge >= 0.3 is 0 Å². The van der Waals surface area contributed by atoms with Gasteiger partial charge < -0.3 is 4.74 Å². The molecule has 30 heavy (non-hydrogen) atoms. The monoisotopic (exact) mass is 419 g/mol. The molecule has 0 saturated carbocycles. The van der Waals surface area contributed by atoms with E-state index in [1.807, 2.05) is 55.5 Å². The zero-order chi connectivity index (χ0) is 21.0. The van der Waals surface area contributed by atoms with Crippen LogP contribution in [0, 0.1) is 6.92 Å². The zero-order valence-electron chi connectivity index (χ0n) is 16.4. The van der Waals surface area contributed by atoms with E-state index in [-0.39, 0.29) is 16.6 Å². The highest BCUT2D eigenvalue weighted by molar-refractivity contribution is 7.92. The standard InChI is InChI=1S/C23H21N3O3S/c1-17-11-13-19(14-12-17)30(27,28)26-22-23(25-21-10-6-5-9-20(21)24-22)29-16-15-18-7-3-2-4-8-18/h2-14H,15-16H2,1H3,(H,24,26). The third-order valence-electron chi connectivity index (χ3n) is 4.57. The summed E-state index contributed by atoms with van der Waals surface area (Å²) in [7, 11) is -3.83. The second-order valence-electron chi connectivity index (χ2n) is 6.87. The van der Waals surface area contributed by atoms with Gasteiger partial charge in [0.15, 0.2) is 0 Å². The number of hydrogen-bond acceptors (Lipinski definition) is 5. The fourth-order valence-corrected chi connectivity index (χ4v) is 3.96. The Morgan fingerprint density at radius 3 is 2.17 bits per heavy atom. The Bertz CT molecular complexity index is 1260. The highest BCUT2D eigenvalue weighted by atomic mass is 32.2. The van der Waals surface area contributed by atoms with Crippen molar-refractivity contribution < 1.29 is 13.2 Å². The van der Waals surface area contributed by atoms with Crippen molar-refractivity contribution in [2.45, 2.75) is 18.2 Å². The minimum Gasteiger partial charge on any atom is -0.475 e. The fraction of sp³-hybridized carbons (Fsp3) is 0.130. The second kappa shape index (κ2) is 8.51. The first-order valence-corrected chi connectivity index (χ1v) is 11.0. The van der Waals surface area contributed by atoms with E-state index < -0.39 is 10.0 Å². The molecule has 0 aliphatic rings. The SMILES string of the molecule is Cc1ccc(S(=O)(=O)Nc2nc3ccccc3nc2OCCc2ccccc2)cc1. The Morgan fingerprint density at radius 2 is 1.47 bits per heavy atom. The topological polar surface area (TPSA) is 81.2 Å². The Kier molecular flexibility index (Phi) is 5.63. The van der Waals surface area contributed by atoms with Crippen molar-refractivity contribution in [1.29, 1.82) is 0 Å². The third kappa shape index (κ3) is 4.58. The van der Waals surface area contributed by atoms with Crippen LogP contribution in [0.4, 0.5) is 5.82 Å². The number of aryl methyl sites for hydroxylation is 1. The maximum Gasteiger partial charge on any atom is 0.263 e. The van der Waals surface area contributed by atoms with E-state index in [0.717, 1.165) is 11.1 Å². The van der Waals surface area contributed by atoms with Crippen LogP contribution in [0.3, 0.4) is 0 Å². The van der Waals surface area contributed by atoms with Crippen molar-refractivity contribution in [1.82, 2.24) is 9.97 Å². The quantitative estimate of drug-likeness (QED) is 0.481. The van der Waals surface area contributed by atoms with Crippen LogP contribution >= 0.6 is 0 Å². The molecular weight excluding hydrogens is 398 g/mol. The van der Waals surface area contributed by atoms with E-state index in [1.54, 1.807) is 30.3 Å². The van der Waals surface area contributed by atoms with Crippen LogP contribution < -0.4 is 9.46 Å². The van der Waals surface area contributed by atoms with Crippen LogP contribution in [0.2, 0.25) is 0 Å². The van der Waals surface area contributed by atoms with E-state index in [9.17, 15) is 8.42 Å². The van der Waals surface area contributed by atoms with Crippen LogP contribution in [0.1, 0.15) is 11.1 Å². The summed E-state index contributed by atoms with van der Waals surface area (Å²) >= 11 is 0. The summed E-state index contributed by atoms with van der Waals surface area (Å²) in [6.45, 7) is 2.24. The number of nitrogens with one attached hydrogen (secondary N) is 1. The van der Waals surface area contributed by atoms with Crippen molar-refractivity contribution in [2.24, 2.45) is 0 Å². The molecule has 0 aliphatic carbocycles. The lowest BCUT2D eigenvalue weighted by Gasteiger charge is -2.13. The molecule has 0 radical (unpaired) electrons. The molecular formula is C23H21N3O3S. The average molecular weight is 420 g/mol. The van der Waals surface area contributed by atoms with Crippen LogP contribution in [0.15, 0.2) is 83.8 Å². The van der Waals surface area contributed by atoms with E-state index in [1.165, 1.54) is 0 Å². The number of fused-ring (bicyclic) bond motifs is 1. The van der Waals surface area contributed by atoms with Crippen molar-refractivity contribution in [3.05, 3.63) is 90.0 Å². The predicted octanol–water partition coefficient (Wildman–Crippen LogP) is 4.36. The first-order valence-electron chi connectivity index (χ1n) is 9.54. The number of sulfonamides is 1. The van der Waals surface area contributed by atoms with Gasteiger partial charge in [-0.05, 0) is 36.8 Å². The molecule has 152 valence electrons. The highest BCUT2D eigenvalue weighted by Crippen LogP contribution is 2.26. The maximum atomic E-state index is 12.9. The summed E-state index contributed by atoms with van der Waals surface area (Å²) in [6, 6.07) is 23.8. The van der Waals surface area contributed by atoms with Crippen LogP contribution in [-0.2, 0) is 16.4 Å². The molecule has 1 heterocycles. The molecule has 6 nitrogen and oxygen atoms in total. The van der Waals surface area contributed by atoms with Gasteiger partial charge in [0, 0.05) is 6.42 Å². The molecule has 3 aromatic carbocycles. The van der Waals surface area contributed by atoms with Crippen LogP contribution in [-0.4, -0.2) is 25.0 Å². The molecule has 0 saturated heterocycles. The molecule has 1 aromatic heterocycles. The Morgan fingerprint density at radius 1 is 0.833 bits per heavy atom. The van der Waals surface area contributed by atoms with Gasteiger partial charge in [-0.15, -0.1) is 0 Å². The van der Waals surface area contributed by atoms with Gasteiger partial charge in [-0.1, -0.05) is 60.2 Å². The van der Waals surface area contributed by atoms with Crippen LogP contribution in [0.25, 0.3) is 11.0 Å². The number of aromatic nitrogens is 2.